The molecule has 2 heteroatoms. The summed E-state index contributed by atoms with van der Waals surface area (Å²) >= 11 is 0. The summed E-state index contributed by atoms with van der Waals surface area (Å²) in [6.45, 7) is 9.69. The third-order valence-electron chi connectivity index (χ3n) is 16.2. The van der Waals surface area contributed by atoms with E-state index in [1.165, 1.54) is 94.4 Å². The fourth-order valence-electron chi connectivity index (χ4n) is 13.7. The van der Waals surface area contributed by atoms with Crippen LogP contribution in [0.15, 0.2) is 140 Å². The summed E-state index contributed by atoms with van der Waals surface area (Å²) in [7, 11) is 0. The van der Waals surface area contributed by atoms with Crippen molar-refractivity contribution in [1.82, 2.24) is 0 Å². The second-order valence-electron chi connectivity index (χ2n) is 19.7. The van der Waals surface area contributed by atoms with Crippen LogP contribution in [0.2, 0.25) is 0 Å². The van der Waals surface area contributed by atoms with Gasteiger partial charge in [0.2, 0.25) is 0 Å². The number of rotatable bonds is 5. The molecule has 6 aromatic rings. The maximum Gasteiger partial charge on any atom is 0.131 e. The van der Waals surface area contributed by atoms with E-state index in [2.05, 4.69) is 172 Å². The fourth-order valence-corrected chi connectivity index (χ4v) is 13.7. The molecule has 12 rings (SSSR count). The van der Waals surface area contributed by atoms with Gasteiger partial charge in [0.1, 0.15) is 11.5 Å². The molecule has 0 saturated heterocycles. The molecule has 56 heavy (non-hydrogen) atoms. The standard InChI is InChI=1S/C54H51NO/c1-51(2)25-26-52(3,4)45-30-38(19-23-43(45)51)37-13-10-14-41(29-37)55(40-20-17-36(18-21-40)35-11-6-5-7-12-35)42-22-24-48-46(32-42)54(44-15-8-9-16-47(44)56-48)49-28-34-27-39-31-50(54)53(39,49)33-34/h5-24,29-30,32,34,39,49-50H,25-28,31,33H2,1-4H3. The number of hydrogen-bond donors (Lipinski definition) is 0. The van der Waals surface area contributed by atoms with Crippen molar-refractivity contribution in [3.63, 3.8) is 0 Å². The SMILES string of the molecule is CC1(C)CCC(C)(C)c2cc(-c3cccc(N(c4ccc(-c5ccccc5)cc4)c4ccc5c(c4)C4(c6ccccc6O5)C5CC6CC7CC4C75C6)c3)ccc21. The number of benzene rings is 6. The van der Waals surface area contributed by atoms with Crippen LogP contribution in [-0.4, -0.2) is 0 Å². The van der Waals surface area contributed by atoms with Crippen LogP contribution in [0.4, 0.5) is 17.1 Å². The van der Waals surface area contributed by atoms with Gasteiger partial charge in [-0.3, -0.25) is 0 Å². The highest BCUT2D eigenvalue weighted by molar-refractivity contribution is 5.83. The first kappa shape index (κ1) is 33.1. The number of ether oxygens (including phenoxy) is 1. The minimum atomic E-state index is 0.0280. The zero-order chi connectivity index (χ0) is 37.6. The smallest absolute Gasteiger partial charge is 0.131 e. The van der Waals surface area contributed by atoms with Gasteiger partial charge < -0.3 is 9.64 Å². The highest BCUT2D eigenvalue weighted by Gasteiger charge is 2.84. The monoisotopic (exact) mass is 729 g/mol. The lowest BCUT2D eigenvalue weighted by molar-refractivity contribution is -0.235. The van der Waals surface area contributed by atoms with Gasteiger partial charge in [-0.15, -0.1) is 0 Å². The van der Waals surface area contributed by atoms with Crippen molar-refractivity contribution in [2.45, 2.75) is 82.5 Å². The molecule has 2 nitrogen and oxygen atoms in total. The molecular weight excluding hydrogens is 679 g/mol. The van der Waals surface area contributed by atoms with Gasteiger partial charge in [-0.05, 0) is 160 Å². The van der Waals surface area contributed by atoms with Crippen molar-refractivity contribution in [1.29, 1.82) is 0 Å². The van der Waals surface area contributed by atoms with Gasteiger partial charge in [0.05, 0.1) is 0 Å². The Labute approximate surface area is 332 Å². The lowest BCUT2D eigenvalue weighted by Gasteiger charge is -2.77. The lowest BCUT2D eigenvalue weighted by Crippen LogP contribution is -2.74. The molecule has 6 aliphatic rings. The Bertz CT molecular complexity index is 2560. The van der Waals surface area contributed by atoms with E-state index in [4.69, 9.17) is 4.74 Å². The summed E-state index contributed by atoms with van der Waals surface area (Å²) in [5.74, 6) is 5.38. The topological polar surface area (TPSA) is 12.5 Å². The first-order chi connectivity index (χ1) is 27.2. The molecule has 4 saturated carbocycles. The molecule has 6 unspecified atom stereocenters. The molecule has 278 valence electrons. The molecule has 1 heterocycles. The normalized spacial score (nSPS) is 28.9. The molecule has 4 fully saturated rings. The van der Waals surface area contributed by atoms with E-state index in [1.807, 2.05) is 0 Å². The number of nitrogens with zero attached hydrogens (tertiary/aromatic N) is 1. The summed E-state index contributed by atoms with van der Waals surface area (Å²) in [4.78, 5) is 2.50. The van der Waals surface area contributed by atoms with Crippen LogP contribution in [0.25, 0.3) is 22.3 Å². The number of anilines is 3. The summed E-state index contributed by atoms with van der Waals surface area (Å²) in [6.07, 6.45) is 8.09. The van der Waals surface area contributed by atoms with E-state index < -0.39 is 0 Å². The van der Waals surface area contributed by atoms with Crippen molar-refractivity contribution in [2.24, 2.45) is 29.1 Å². The molecule has 6 atom stereocenters. The van der Waals surface area contributed by atoms with E-state index in [9.17, 15) is 0 Å². The molecule has 6 aromatic carbocycles. The van der Waals surface area contributed by atoms with Gasteiger partial charge in [0, 0.05) is 33.6 Å². The quantitative estimate of drug-likeness (QED) is 0.175. The lowest BCUT2D eigenvalue weighted by atomic mass is 9.26. The maximum absolute atomic E-state index is 6.85. The largest absolute Gasteiger partial charge is 0.457 e. The van der Waals surface area contributed by atoms with E-state index in [0.717, 1.165) is 29.0 Å². The van der Waals surface area contributed by atoms with Gasteiger partial charge in [0.25, 0.3) is 0 Å². The molecule has 1 aliphatic heterocycles. The van der Waals surface area contributed by atoms with Gasteiger partial charge in [-0.2, -0.15) is 0 Å². The van der Waals surface area contributed by atoms with Gasteiger partial charge >= 0.3 is 0 Å². The second kappa shape index (κ2) is 11.3. The van der Waals surface area contributed by atoms with Gasteiger partial charge in [0.15, 0.2) is 0 Å². The Kier molecular flexibility index (Phi) is 6.67. The number of hydrogen-bond acceptors (Lipinski definition) is 2. The minimum absolute atomic E-state index is 0.0280. The van der Waals surface area contributed by atoms with Crippen LogP contribution in [0.5, 0.6) is 11.5 Å². The Morgan fingerprint density at radius 2 is 1.12 bits per heavy atom. The minimum Gasteiger partial charge on any atom is -0.457 e. The molecule has 0 radical (unpaired) electrons. The Morgan fingerprint density at radius 1 is 0.482 bits per heavy atom. The predicted octanol–water partition coefficient (Wildman–Crippen LogP) is 14.3. The highest BCUT2D eigenvalue weighted by Crippen LogP contribution is 2.89. The fraction of sp³-hybridized carbons (Fsp3) is 0.333. The van der Waals surface area contributed by atoms with E-state index in [0.29, 0.717) is 17.3 Å². The van der Waals surface area contributed by atoms with Crippen molar-refractivity contribution >= 4 is 17.1 Å². The van der Waals surface area contributed by atoms with Crippen molar-refractivity contribution in [3.05, 3.63) is 162 Å². The van der Waals surface area contributed by atoms with Gasteiger partial charge in [-0.25, -0.2) is 0 Å². The molecule has 2 spiro atoms. The molecule has 0 amide bonds. The third-order valence-corrected chi connectivity index (χ3v) is 16.2. The molecular formula is C54H51NO. The highest BCUT2D eigenvalue weighted by atomic mass is 16.5. The Morgan fingerprint density at radius 3 is 1.95 bits per heavy atom. The van der Waals surface area contributed by atoms with Crippen LogP contribution in [0.3, 0.4) is 0 Å². The zero-order valence-electron chi connectivity index (χ0n) is 33.2. The first-order valence-corrected chi connectivity index (χ1v) is 21.3. The average molecular weight is 730 g/mol. The molecule has 0 N–H and O–H groups in total. The maximum atomic E-state index is 6.85. The third kappa shape index (κ3) is 4.28. The molecule has 0 aromatic heterocycles. The van der Waals surface area contributed by atoms with E-state index in [1.54, 1.807) is 0 Å². The van der Waals surface area contributed by atoms with Crippen LogP contribution in [0.1, 0.15) is 88.5 Å². The summed E-state index contributed by atoms with van der Waals surface area (Å²) in [5.41, 5.74) is 15.4. The number of fused-ring (bicyclic) bond motifs is 8. The van der Waals surface area contributed by atoms with Crippen molar-refractivity contribution in [3.8, 4) is 33.8 Å². The number of para-hydroxylation sites is 1. The van der Waals surface area contributed by atoms with Crippen LogP contribution < -0.4 is 9.64 Å². The Balaban J connectivity index is 1.01. The van der Waals surface area contributed by atoms with Crippen LogP contribution >= 0.6 is 0 Å². The zero-order valence-corrected chi connectivity index (χ0v) is 33.2. The predicted molar refractivity (Wildman–Crippen MR) is 229 cm³/mol. The van der Waals surface area contributed by atoms with E-state index in [-0.39, 0.29) is 16.2 Å². The van der Waals surface area contributed by atoms with Gasteiger partial charge in [-0.1, -0.05) is 119 Å². The van der Waals surface area contributed by atoms with E-state index >= 15 is 0 Å². The Hall–Kier alpha value is -5.08. The van der Waals surface area contributed by atoms with Crippen molar-refractivity contribution in [2.75, 3.05) is 4.90 Å². The first-order valence-electron chi connectivity index (χ1n) is 21.3. The molecule has 5 aliphatic carbocycles. The summed E-state index contributed by atoms with van der Waals surface area (Å²) in [6, 6.07) is 52.6. The van der Waals surface area contributed by atoms with Crippen LogP contribution in [0, 0.1) is 29.1 Å². The summed E-state index contributed by atoms with van der Waals surface area (Å²) in [5, 5.41) is 0. The van der Waals surface area contributed by atoms with Crippen LogP contribution in [-0.2, 0) is 16.2 Å². The molecule has 2 bridgehead atoms. The second-order valence-corrected chi connectivity index (χ2v) is 19.7. The summed E-state index contributed by atoms with van der Waals surface area (Å²) < 4.78 is 6.85. The van der Waals surface area contributed by atoms with Crippen molar-refractivity contribution < 1.29 is 4.74 Å². The average Bonchev–Trinajstić information content (AvgIpc) is 3.76.